The van der Waals surface area contributed by atoms with E-state index in [9.17, 15) is 9.59 Å². The molecule has 1 aromatic heterocycles. The van der Waals surface area contributed by atoms with E-state index in [1.807, 2.05) is 0 Å². The lowest BCUT2D eigenvalue weighted by molar-refractivity contribution is 0.0685. The van der Waals surface area contributed by atoms with Crippen LogP contribution < -0.4 is 0 Å². The third-order valence-corrected chi connectivity index (χ3v) is 3.39. The fraction of sp³-hybridized carbons (Fsp3) is 0.538. The zero-order chi connectivity index (χ0) is 13.8. The van der Waals surface area contributed by atoms with Crippen LogP contribution in [0.2, 0.25) is 0 Å². The number of hydrogen-bond donors (Lipinski definition) is 1. The van der Waals surface area contributed by atoms with E-state index >= 15 is 0 Å². The number of hydrogen-bond acceptors (Lipinski definition) is 4. The van der Waals surface area contributed by atoms with E-state index in [2.05, 4.69) is 16.9 Å². The lowest BCUT2D eigenvalue weighted by Crippen LogP contribution is -2.32. The van der Waals surface area contributed by atoms with Crippen molar-refractivity contribution in [2.75, 3.05) is 13.1 Å². The van der Waals surface area contributed by atoms with Crippen LogP contribution in [0.3, 0.4) is 0 Å². The van der Waals surface area contributed by atoms with Crippen LogP contribution in [-0.4, -0.2) is 44.9 Å². The van der Waals surface area contributed by atoms with Gasteiger partial charge in [-0.3, -0.25) is 4.79 Å². The summed E-state index contributed by atoms with van der Waals surface area (Å²) in [4.78, 5) is 32.3. The largest absolute Gasteiger partial charge is 0.476 e. The maximum Gasteiger partial charge on any atom is 0.356 e. The number of likely N-dealkylation sites (tertiary alicyclic amines) is 1. The number of amides is 1. The van der Waals surface area contributed by atoms with Gasteiger partial charge in [-0.1, -0.05) is 6.92 Å². The summed E-state index contributed by atoms with van der Waals surface area (Å²) in [5.41, 5.74) is 0.0561. The van der Waals surface area contributed by atoms with Gasteiger partial charge in [-0.25, -0.2) is 14.8 Å². The van der Waals surface area contributed by atoms with E-state index in [1.54, 1.807) is 4.90 Å². The molecule has 0 bridgehead atoms. The quantitative estimate of drug-likeness (QED) is 0.872. The van der Waals surface area contributed by atoms with Gasteiger partial charge in [0.1, 0.15) is 5.69 Å². The number of aromatic carboxylic acids is 1. The molecule has 0 saturated carbocycles. The molecule has 2 heterocycles. The second-order valence-corrected chi connectivity index (χ2v) is 4.92. The number of carbonyl (C=O) groups excluding carboxylic acids is 1. The first kappa shape index (κ1) is 13.5. The molecule has 6 heteroatoms. The summed E-state index contributed by atoms with van der Waals surface area (Å²) in [6.07, 6.45) is 5.48. The standard InChI is InChI=1S/C13H17N3O3/c1-9-3-2-5-16(6-4-9)12(17)10-7-15-11(8-14-10)13(18)19/h7-9H,2-6H2,1H3,(H,18,19). The highest BCUT2D eigenvalue weighted by Crippen LogP contribution is 2.17. The van der Waals surface area contributed by atoms with Gasteiger partial charge in [0.15, 0.2) is 5.69 Å². The highest BCUT2D eigenvalue weighted by atomic mass is 16.4. The number of carboxylic acid groups (broad SMARTS) is 1. The molecule has 2 rings (SSSR count). The Balaban J connectivity index is 2.08. The Hall–Kier alpha value is -1.98. The molecular weight excluding hydrogens is 246 g/mol. The van der Waals surface area contributed by atoms with Gasteiger partial charge >= 0.3 is 5.97 Å². The molecule has 0 aromatic carbocycles. The molecule has 1 aliphatic rings. The second-order valence-electron chi connectivity index (χ2n) is 4.92. The molecule has 1 N–H and O–H groups in total. The summed E-state index contributed by atoms with van der Waals surface area (Å²) >= 11 is 0. The summed E-state index contributed by atoms with van der Waals surface area (Å²) in [7, 11) is 0. The molecule has 1 aliphatic heterocycles. The summed E-state index contributed by atoms with van der Waals surface area (Å²) < 4.78 is 0. The van der Waals surface area contributed by atoms with Gasteiger partial charge in [-0.15, -0.1) is 0 Å². The first-order chi connectivity index (χ1) is 9.08. The maximum atomic E-state index is 12.2. The monoisotopic (exact) mass is 263 g/mol. The van der Waals surface area contributed by atoms with Gasteiger partial charge in [0.25, 0.3) is 5.91 Å². The molecule has 1 atom stereocenters. The summed E-state index contributed by atoms with van der Waals surface area (Å²) in [5.74, 6) is -0.674. The van der Waals surface area contributed by atoms with Crippen molar-refractivity contribution in [1.82, 2.24) is 14.9 Å². The van der Waals surface area contributed by atoms with Crippen LogP contribution in [0.4, 0.5) is 0 Å². The van der Waals surface area contributed by atoms with E-state index in [4.69, 9.17) is 5.11 Å². The summed E-state index contributed by atoms with van der Waals surface area (Å²) in [6.45, 7) is 3.64. The van der Waals surface area contributed by atoms with Crippen LogP contribution in [0.5, 0.6) is 0 Å². The fourth-order valence-electron chi connectivity index (χ4n) is 2.18. The van der Waals surface area contributed by atoms with Crippen molar-refractivity contribution in [1.29, 1.82) is 0 Å². The van der Waals surface area contributed by atoms with Crippen LogP contribution in [0.15, 0.2) is 12.4 Å². The van der Waals surface area contributed by atoms with Crippen molar-refractivity contribution in [3.63, 3.8) is 0 Å². The maximum absolute atomic E-state index is 12.2. The van der Waals surface area contributed by atoms with E-state index < -0.39 is 5.97 Å². The van der Waals surface area contributed by atoms with Crippen LogP contribution in [0, 0.1) is 5.92 Å². The molecule has 102 valence electrons. The van der Waals surface area contributed by atoms with Gasteiger partial charge in [-0.05, 0) is 25.2 Å². The van der Waals surface area contributed by atoms with Crippen molar-refractivity contribution in [2.24, 2.45) is 5.92 Å². The Kier molecular flexibility index (Phi) is 4.09. The third-order valence-electron chi connectivity index (χ3n) is 3.39. The summed E-state index contributed by atoms with van der Waals surface area (Å²) in [6, 6.07) is 0. The van der Waals surface area contributed by atoms with Crippen molar-refractivity contribution >= 4 is 11.9 Å². The van der Waals surface area contributed by atoms with Crippen molar-refractivity contribution in [3.8, 4) is 0 Å². The lowest BCUT2D eigenvalue weighted by Gasteiger charge is -2.19. The Bertz CT molecular complexity index is 473. The molecule has 0 spiro atoms. The van der Waals surface area contributed by atoms with E-state index in [0.29, 0.717) is 5.92 Å². The van der Waals surface area contributed by atoms with Crippen LogP contribution in [0.1, 0.15) is 47.2 Å². The molecule has 1 aromatic rings. The van der Waals surface area contributed by atoms with E-state index in [1.165, 1.54) is 6.20 Å². The molecule has 6 nitrogen and oxygen atoms in total. The van der Waals surface area contributed by atoms with Gasteiger partial charge in [0.2, 0.25) is 0 Å². The number of rotatable bonds is 2. The predicted octanol–water partition coefficient (Wildman–Crippen LogP) is 1.44. The zero-order valence-electron chi connectivity index (χ0n) is 10.9. The average molecular weight is 263 g/mol. The first-order valence-electron chi connectivity index (χ1n) is 6.42. The minimum atomic E-state index is -1.14. The average Bonchev–Trinajstić information content (AvgIpc) is 2.63. The normalized spacial score (nSPS) is 19.8. The Morgan fingerprint density at radius 3 is 2.53 bits per heavy atom. The fourth-order valence-corrected chi connectivity index (χ4v) is 2.18. The molecule has 0 radical (unpaired) electrons. The van der Waals surface area contributed by atoms with Gasteiger partial charge < -0.3 is 10.0 Å². The van der Waals surface area contributed by atoms with Crippen LogP contribution >= 0.6 is 0 Å². The van der Waals surface area contributed by atoms with Crippen molar-refractivity contribution < 1.29 is 14.7 Å². The van der Waals surface area contributed by atoms with E-state index in [-0.39, 0.29) is 17.3 Å². The molecule has 1 amide bonds. The van der Waals surface area contributed by atoms with E-state index in [0.717, 1.165) is 38.5 Å². The van der Waals surface area contributed by atoms with Crippen molar-refractivity contribution in [2.45, 2.75) is 26.2 Å². The number of nitrogens with zero attached hydrogens (tertiary/aromatic N) is 3. The highest BCUT2D eigenvalue weighted by molar-refractivity contribution is 5.92. The number of carbonyl (C=O) groups is 2. The van der Waals surface area contributed by atoms with Gasteiger partial charge in [0, 0.05) is 13.1 Å². The summed E-state index contributed by atoms with van der Waals surface area (Å²) in [5, 5.41) is 8.73. The second kappa shape index (κ2) is 5.77. The smallest absolute Gasteiger partial charge is 0.356 e. The van der Waals surface area contributed by atoms with Crippen LogP contribution in [0.25, 0.3) is 0 Å². The lowest BCUT2D eigenvalue weighted by atomic mass is 10.0. The Labute approximate surface area is 111 Å². The minimum absolute atomic E-state index is 0.152. The highest BCUT2D eigenvalue weighted by Gasteiger charge is 2.21. The molecule has 1 unspecified atom stereocenters. The topological polar surface area (TPSA) is 83.4 Å². The first-order valence-corrected chi connectivity index (χ1v) is 6.42. The number of carboxylic acids is 1. The minimum Gasteiger partial charge on any atom is -0.476 e. The molecule has 0 aliphatic carbocycles. The predicted molar refractivity (Wildman–Crippen MR) is 67.9 cm³/mol. The Morgan fingerprint density at radius 1 is 1.21 bits per heavy atom. The van der Waals surface area contributed by atoms with Gasteiger partial charge in [-0.2, -0.15) is 0 Å². The zero-order valence-corrected chi connectivity index (χ0v) is 10.9. The van der Waals surface area contributed by atoms with Gasteiger partial charge in [0.05, 0.1) is 12.4 Å². The molecular formula is C13H17N3O3. The molecule has 19 heavy (non-hydrogen) atoms. The van der Waals surface area contributed by atoms with Crippen LogP contribution in [-0.2, 0) is 0 Å². The van der Waals surface area contributed by atoms with Crippen molar-refractivity contribution in [3.05, 3.63) is 23.8 Å². The molecule has 1 fully saturated rings. The molecule has 1 saturated heterocycles. The third kappa shape index (κ3) is 3.27. The SMILES string of the molecule is CC1CCCN(C(=O)c2cnc(C(=O)O)cn2)CC1. The number of aromatic nitrogens is 2. The Morgan fingerprint density at radius 2 is 1.89 bits per heavy atom.